The average Bonchev–Trinajstić information content (AvgIpc) is 2.53. The van der Waals surface area contributed by atoms with Crippen molar-refractivity contribution in [3.8, 4) is 0 Å². The summed E-state index contributed by atoms with van der Waals surface area (Å²) in [7, 11) is 0. The van der Waals surface area contributed by atoms with Gasteiger partial charge in [0, 0.05) is 12.3 Å². The third-order valence-electron chi connectivity index (χ3n) is 2.87. The zero-order chi connectivity index (χ0) is 15.2. The van der Waals surface area contributed by atoms with Gasteiger partial charge in [-0.05, 0) is 11.6 Å². The molecule has 0 spiro atoms. The number of pyridine rings is 1. The molecule has 1 aromatic heterocycles. The van der Waals surface area contributed by atoms with E-state index in [0.717, 1.165) is 0 Å². The van der Waals surface area contributed by atoms with E-state index >= 15 is 0 Å². The van der Waals surface area contributed by atoms with Crippen LogP contribution in [-0.2, 0) is 0 Å². The molecule has 1 aromatic carbocycles. The lowest BCUT2D eigenvalue weighted by atomic mass is 10.1. The number of nitrogens with one attached hydrogen (secondary N) is 2. The SMILES string of the molecule is N/C(=N/O)C(NC(=O)c1ccc(=O)[nH]c1)c1ccccc1. The van der Waals surface area contributed by atoms with Crippen LogP contribution in [0.1, 0.15) is 22.0 Å². The second kappa shape index (κ2) is 6.38. The van der Waals surface area contributed by atoms with Crippen LogP contribution in [0.2, 0.25) is 0 Å². The van der Waals surface area contributed by atoms with E-state index in [-0.39, 0.29) is 17.0 Å². The second-order valence-corrected chi connectivity index (χ2v) is 4.28. The summed E-state index contributed by atoms with van der Waals surface area (Å²) in [5.74, 6) is -0.592. The number of nitrogens with zero attached hydrogens (tertiary/aromatic N) is 1. The summed E-state index contributed by atoms with van der Waals surface area (Å²) >= 11 is 0. The Hall–Kier alpha value is -3.09. The Morgan fingerprint density at radius 3 is 2.52 bits per heavy atom. The molecule has 0 aliphatic rings. The number of hydrogen-bond acceptors (Lipinski definition) is 4. The van der Waals surface area contributed by atoms with Gasteiger partial charge in [-0.25, -0.2) is 0 Å². The molecule has 0 saturated heterocycles. The molecule has 0 bridgehead atoms. The van der Waals surface area contributed by atoms with Gasteiger partial charge in [0.25, 0.3) is 5.91 Å². The Bertz CT molecular complexity index is 689. The molecule has 1 unspecified atom stereocenters. The topological polar surface area (TPSA) is 121 Å². The molecule has 108 valence electrons. The molecule has 1 atom stereocenters. The number of nitrogens with two attached hydrogens (primary N) is 1. The minimum Gasteiger partial charge on any atom is -0.409 e. The second-order valence-electron chi connectivity index (χ2n) is 4.28. The number of oxime groups is 1. The van der Waals surface area contributed by atoms with Crippen LogP contribution in [0.3, 0.4) is 0 Å². The maximum Gasteiger partial charge on any atom is 0.253 e. The van der Waals surface area contributed by atoms with Crippen LogP contribution >= 0.6 is 0 Å². The molecule has 7 heteroatoms. The molecule has 5 N–H and O–H groups in total. The van der Waals surface area contributed by atoms with Crippen molar-refractivity contribution in [1.29, 1.82) is 0 Å². The van der Waals surface area contributed by atoms with Crippen LogP contribution in [0, 0.1) is 0 Å². The largest absolute Gasteiger partial charge is 0.409 e. The summed E-state index contributed by atoms with van der Waals surface area (Å²) in [5, 5.41) is 14.4. The first-order valence-corrected chi connectivity index (χ1v) is 6.14. The molecule has 0 fully saturated rings. The van der Waals surface area contributed by atoms with Gasteiger partial charge in [0.2, 0.25) is 5.56 Å². The van der Waals surface area contributed by atoms with Gasteiger partial charge in [0.15, 0.2) is 5.84 Å². The Morgan fingerprint density at radius 2 is 1.95 bits per heavy atom. The molecule has 0 radical (unpaired) electrons. The van der Waals surface area contributed by atoms with Crippen molar-refractivity contribution in [2.75, 3.05) is 0 Å². The lowest BCUT2D eigenvalue weighted by molar-refractivity contribution is 0.0945. The summed E-state index contributed by atoms with van der Waals surface area (Å²) in [6.07, 6.45) is 1.30. The Morgan fingerprint density at radius 1 is 1.24 bits per heavy atom. The monoisotopic (exact) mass is 286 g/mol. The van der Waals surface area contributed by atoms with E-state index in [1.165, 1.54) is 18.3 Å². The zero-order valence-corrected chi connectivity index (χ0v) is 11.0. The van der Waals surface area contributed by atoms with Crippen LogP contribution in [-0.4, -0.2) is 21.9 Å². The van der Waals surface area contributed by atoms with Gasteiger partial charge in [-0.15, -0.1) is 0 Å². The van der Waals surface area contributed by atoms with E-state index in [9.17, 15) is 9.59 Å². The fraction of sp³-hybridized carbons (Fsp3) is 0.0714. The number of benzene rings is 1. The maximum atomic E-state index is 12.1. The van der Waals surface area contributed by atoms with E-state index in [0.29, 0.717) is 5.56 Å². The first-order chi connectivity index (χ1) is 10.1. The summed E-state index contributed by atoms with van der Waals surface area (Å²) in [6, 6.07) is 10.7. The fourth-order valence-corrected chi connectivity index (χ4v) is 1.80. The first-order valence-electron chi connectivity index (χ1n) is 6.14. The number of H-pyrrole nitrogens is 1. The minimum atomic E-state index is -0.768. The van der Waals surface area contributed by atoms with Crippen molar-refractivity contribution in [2.24, 2.45) is 10.9 Å². The van der Waals surface area contributed by atoms with E-state index in [1.54, 1.807) is 24.3 Å². The predicted molar refractivity (Wildman–Crippen MR) is 77.1 cm³/mol. The van der Waals surface area contributed by atoms with Crippen LogP contribution in [0.5, 0.6) is 0 Å². The van der Waals surface area contributed by atoms with Gasteiger partial charge in [-0.3, -0.25) is 9.59 Å². The molecule has 7 nitrogen and oxygen atoms in total. The number of hydrogen-bond donors (Lipinski definition) is 4. The summed E-state index contributed by atoms with van der Waals surface area (Å²) in [6.45, 7) is 0. The van der Waals surface area contributed by atoms with Gasteiger partial charge in [0.05, 0.1) is 5.56 Å². The minimum absolute atomic E-state index is 0.140. The number of aromatic amines is 1. The van der Waals surface area contributed by atoms with Gasteiger partial charge in [-0.2, -0.15) is 0 Å². The van der Waals surface area contributed by atoms with Gasteiger partial charge >= 0.3 is 0 Å². The van der Waals surface area contributed by atoms with Crippen LogP contribution < -0.4 is 16.6 Å². The Balaban J connectivity index is 2.25. The molecular formula is C14H14N4O3. The number of carbonyl (C=O) groups is 1. The number of amides is 1. The highest BCUT2D eigenvalue weighted by atomic mass is 16.4. The third-order valence-corrected chi connectivity index (χ3v) is 2.87. The van der Waals surface area contributed by atoms with Crippen molar-refractivity contribution >= 4 is 11.7 Å². The standard InChI is InChI=1S/C14H14N4O3/c15-13(18-21)12(9-4-2-1-3-5-9)17-14(20)10-6-7-11(19)16-8-10/h1-8,12,21H,(H2,15,18)(H,16,19)(H,17,20). The van der Waals surface area contributed by atoms with Crippen LogP contribution in [0.25, 0.3) is 0 Å². The van der Waals surface area contributed by atoms with Crippen molar-refractivity contribution in [2.45, 2.75) is 6.04 Å². The number of aromatic nitrogens is 1. The summed E-state index contributed by atoms with van der Waals surface area (Å²) < 4.78 is 0. The lowest BCUT2D eigenvalue weighted by Crippen LogP contribution is -2.37. The van der Waals surface area contributed by atoms with Crippen molar-refractivity contribution in [3.05, 3.63) is 70.1 Å². The van der Waals surface area contributed by atoms with Gasteiger partial charge in [0.1, 0.15) is 6.04 Å². The molecule has 1 amide bonds. The highest BCUT2D eigenvalue weighted by Crippen LogP contribution is 2.13. The first kappa shape index (κ1) is 14.3. The molecule has 0 aliphatic heterocycles. The van der Waals surface area contributed by atoms with E-state index in [2.05, 4.69) is 15.5 Å². The van der Waals surface area contributed by atoms with Crippen molar-refractivity contribution in [1.82, 2.24) is 10.3 Å². The quantitative estimate of drug-likeness (QED) is 0.284. The molecule has 1 heterocycles. The number of carbonyl (C=O) groups excluding carboxylic acids is 1. The predicted octanol–water partition coefficient (Wildman–Crippen LogP) is 0.592. The average molecular weight is 286 g/mol. The lowest BCUT2D eigenvalue weighted by Gasteiger charge is -2.17. The van der Waals surface area contributed by atoms with Crippen molar-refractivity contribution < 1.29 is 10.0 Å². The van der Waals surface area contributed by atoms with E-state index in [1.807, 2.05) is 6.07 Å². The maximum absolute atomic E-state index is 12.1. The smallest absolute Gasteiger partial charge is 0.253 e. The van der Waals surface area contributed by atoms with E-state index < -0.39 is 11.9 Å². The van der Waals surface area contributed by atoms with Gasteiger partial charge < -0.3 is 21.2 Å². The molecule has 0 saturated carbocycles. The highest BCUT2D eigenvalue weighted by Gasteiger charge is 2.19. The van der Waals surface area contributed by atoms with Crippen molar-refractivity contribution in [3.63, 3.8) is 0 Å². The van der Waals surface area contributed by atoms with Crippen LogP contribution in [0.4, 0.5) is 0 Å². The van der Waals surface area contributed by atoms with Crippen LogP contribution in [0.15, 0.2) is 58.6 Å². The molecule has 2 aromatic rings. The summed E-state index contributed by atoms with van der Waals surface area (Å²) in [5.41, 5.74) is 6.26. The zero-order valence-electron chi connectivity index (χ0n) is 11.0. The fourth-order valence-electron chi connectivity index (χ4n) is 1.80. The Labute approximate surface area is 120 Å². The summed E-state index contributed by atoms with van der Waals surface area (Å²) in [4.78, 5) is 25.5. The number of amidine groups is 1. The Kier molecular flexibility index (Phi) is 4.35. The molecule has 0 aliphatic carbocycles. The van der Waals surface area contributed by atoms with E-state index in [4.69, 9.17) is 10.9 Å². The molecule has 21 heavy (non-hydrogen) atoms. The van der Waals surface area contributed by atoms with Gasteiger partial charge in [-0.1, -0.05) is 35.5 Å². The highest BCUT2D eigenvalue weighted by molar-refractivity contribution is 5.98. The third kappa shape index (κ3) is 3.47. The number of rotatable bonds is 4. The molecular weight excluding hydrogens is 272 g/mol. The normalized spacial score (nSPS) is 12.7. The molecule has 2 rings (SSSR count).